The van der Waals surface area contributed by atoms with Gasteiger partial charge in [-0.3, -0.25) is 4.68 Å². The summed E-state index contributed by atoms with van der Waals surface area (Å²) in [6.07, 6.45) is 5.23. The summed E-state index contributed by atoms with van der Waals surface area (Å²) in [6.45, 7) is 0.791. The van der Waals surface area contributed by atoms with E-state index in [1.807, 2.05) is 30.5 Å². The van der Waals surface area contributed by atoms with Crippen LogP contribution < -0.4 is 5.73 Å². The van der Waals surface area contributed by atoms with Gasteiger partial charge in [-0.15, -0.1) is 0 Å². The van der Waals surface area contributed by atoms with Gasteiger partial charge in [0.15, 0.2) is 0 Å². The first kappa shape index (κ1) is 11.8. The Morgan fingerprint density at radius 3 is 2.89 bits per heavy atom. The molecule has 1 heterocycles. The van der Waals surface area contributed by atoms with Gasteiger partial charge in [0.25, 0.3) is 0 Å². The summed E-state index contributed by atoms with van der Waals surface area (Å²) >= 11 is 5.89. The lowest BCUT2D eigenvalue weighted by molar-refractivity contribution is 0.537. The molecule has 0 bridgehead atoms. The maximum atomic E-state index is 6.10. The molecule has 0 radical (unpaired) electrons. The lowest BCUT2D eigenvalue weighted by atomic mass is 9.94. The first-order valence-corrected chi connectivity index (χ1v) is 6.66. The molecule has 0 saturated carbocycles. The summed E-state index contributed by atoms with van der Waals surface area (Å²) in [4.78, 5) is 0. The number of benzene rings is 1. The first-order valence-electron chi connectivity index (χ1n) is 6.28. The van der Waals surface area contributed by atoms with Gasteiger partial charge < -0.3 is 5.73 Å². The number of hydrogen-bond acceptors (Lipinski definition) is 2. The molecule has 94 valence electrons. The van der Waals surface area contributed by atoms with Crippen LogP contribution in [0.1, 0.15) is 35.7 Å². The van der Waals surface area contributed by atoms with Crippen LogP contribution in [0.4, 0.5) is 0 Å². The zero-order valence-electron chi connectivity index (χ0n) is 10.1. The Labute approximate surface area is 112 Å². The van der Waals surface area contributed by atoms with Crippen LogP contribution >= 0.6 is 11.6 Å². The van der Waals surface area contributed by atoms with Crippen molar-refractivity contribution in [3.8, 4) is 0 Å². The lowest BCUT2D eigenvalue weighted by Crippen LogP contribution is -2.18. The Balaban J connectivity index is 1.87. The number of nitrogens with two attached hydrogens (primary N) is 1. The second kappa shape index (κ2) is 4.75. The molecule has 1 unspecified atom stereocenters. The standard InChI is InChI=1S/C14H16ClN3/c15-11-6-4-10(5-7-11)9-18-14-3-1-2-13(16)12(14)8-17-18/h4-8,13H,1-3,9,16H2. The fraction of sp³-hybridized carbons (Fsp3) is 0.357. The van der Waals surface area contributed by atoms with Crippen LogP contribution in [0.2, 0.25) is 5.02 Å². The smallest absolute Gasteiger partial charge is 0.0662 e. The van der Waals surface area contributed by atoms with E-state index >= 15 is 0 Å². The van der Waals surface area contributed by atoms with Crippen molar-refractivity contribution in [1.82, 2.24) is 9.78 Å². The molecular weight excluding hydrogens is 246 g/mol. The van der Waals surface area contributed by atoms with Gasteiger partial charge in [-0.1, -0.05) is 23.7 Å². The molecule has 3 rings (SSSR count). The SMILES string of the molecule is NC1CCCc2c1cnn2Cc1ccc(Cl)cc1. The van der Waals surface area contributed by atoms with Crippen LogP contribution in [0.25, 0.3) is 0 Å². The average molecular weight is 262 g/mol. The molecule has 0 saturated heterocycles. The number of aromatic nitrogens is 2. The van der Waals surface area contributed by atoms with Crippen molar-refractivity contribution in [2.24, 2.45) is 5.73 Å². The highest BCUT2D eigenvalue weighted by atomic mass is 35.5. The van der Waals surface area contributed by atoms with E-state index < -0.39 is 0 Å². The van der Waals surface area contributed by atoms with E-state index in [1.165, 1.54) is 16.8 Å². The molecule has 18 heavy (non-hydrogen) atoms. The monoisotopic (exact) mass is 261 g/mol. The topological polar surface area (TPSA) is 43.8 Å². The predicted octanol–water partition coefficient (Wildman–Crippen LogP) is 2.92. The van der Waals surface area contributed by atoms with Crippen molar-refractivity contribution in [1.29, 1.82) is 0 Å². The van der Waals surface area contributed by atoms with E-state index in [-0.39, 0.29) is 6.04 Å². The molecule has 1 aromatic heterocycles. The predicted molar refractivity (Wildman–Crippen MR) is 72.6 cm³/mol. The van der Waals surface area contributed by atoms with E-state index in [0.717, 1.165) is 30.8 Å². The highest BCUT2D eigenvalue weighted by molar-refractivity contribution is 6.30. The highest BCUT2D eigenvalue weighted by Gasteiger charge is 2.21. The van der Waals surface area contributed by atoms with E-state index in [2.05, 4.69) is 9.78 Å². The van der Waals surface area contributed by atoms with Crippen molar-refractivity contribution in [2.75, 3.05) is 0 Å². The van der Waals surface area contributed by atoms with Crippen molar-refractivity contribution in [3.05, 3.63) is 52.3 Å². The maximum Gasteiger partial charge on any atom is 0.0662 e. The summed E-state index contributed by atoms with van der Waals surface area (Å²) in [5.74, 6) is 0. The van der Waals surface area contributed by atoms with Gasteiger partial charge in [-0.05, 0) is 37.0 Å². The largest absolute Gasteiger partial charge is 0.324 e. The number of fused-ring (bicyclic) bond motifs is 1. The first-order chi connectivity index (χ1) is 8.74. The molecular formula is C14H16ClN3. The van der Waals surface area contributed by atoms with Crippen molar-refractivity contribution < 1.29 is 0 Å². The Morgan fingerprint density at radius 1 is 1.33 bits per heavy atom. The van der Waals surface area contributed by atoms with E-state index in [4.69, 9.17) is 17.3 Å². The molecule has 0 aliphatic heterocycles. The van der Waals surface area contributed by atoms with Crippen molar-refractivity contribution in [2.45, 2.75) is 31.8 Å². The zero-order chi connectivity index (χ0) is 12.5. The summed E-state index contributed by atoms with van der Waals surface area (Å²) in [7, 11) is 0. The van der Waals surface area contributed by atoms with E-state index in [0.29, 0.717) is 0 Å². The van der Waals surface area contributed by atoms with Gasteiger partial charge in [-0.2, -0.15) is 5.10 Å². The quantitative estimate of drug-likeness (QED) is 0.903. The van der Waals surface area contributed by atoms with Crippen molar-refractivity contribution >= 4 is 11.6 Å². The van der Waals surface area contributed by atoms with Crippen LogP contribution in [0.5, 0.6) is 0 Å². The molecule has 1 aliphatic carbocycles. The Kier molecular flexibility index (Phi) is 3.10. The molecule has 3 nitrogen and oxygen atoms in total. The van der Waals surface area contributed by atoms with Crippen LogP contribution in [-0.2, 0) is 13.0 Å². The second-order valence-corrected chi connectivity index (χ2v) is 5.27. The summed E-state index contributed by atoms with van der Waals surface area (Å²) in [6, 6.07) is 8.07. The van der Waals surface area contributed by atoms with Gasteiger partial charge in [0.05, 0.1) is 12.7 Å². The third-order valence-electron chi connectivity index (χ3n) is 3.55. The molecule has 0 amide bonds. The molecule has 0 fully saturated rings. The fourth-order valence-corrected chi connectivity index (χ4v) is 2.68. The van der Waals surface area contributed by atoms with Gasteiger partial charge in [-0.25, -0.2) is 0 Å². The molecule has 0 spiro atoms. The normalized spacial score (nSPS) is 18.7. The van der Waals surface area contributed by atoms with Crippen molar-refractivity contribution in [3.63, 3.8) is 0 Å². The zero-order valence-corrected chi connectivity index (χ0v) is 10.9. The molecule has 1 atom stereocenters. The third kappa shape index (κ3) is 2.16. The summed E-state index contributed by atoms with van der Waals surface area (Å²) in [5, 5.41) is 5.24. The maximum absolute atomic E-state index is 6.10. The Hall–Kier alpha value is -1.32. The minimum atomic E-state index is 0.160. The molecule has 2 N–H and O–H groups in total. The Bertz CT molecular complexity index is 545. The molecule has 1 aliphatic rings. The van der Waals surface area contributed by atoms with Crippen LogP contribution in [-0.4, -0.2) is 9.78 Å². The van der Waals surface area contributed by atoms with Gasteiger partial charge >= 0.3 is 0 Å². The number of nitrogens with zero attached hydrogens (tertiary/aromatic N) is 2. The molecule has 1 aromatic carbocycles. The molecule has 2 aromatic rings. The Morgan fingerprint density at radius 2 is 2.11 bits per heavy atom. The summed E-state index contributed by atoms with van der Waals surface area (Å²) < 4.78 is 2.07. The van der Waals surface area contributed by atoms with Crippen LogP contribution in [0.3, 0.4) is 0 Å². The van der Waals surface area contributed by atoms with Crippen LogP contribution in [0.15, 0.2) is 30.5 Å². The highest BCUT2D eigenvalue weighted by Crippen LogP contribution is 2.27. The molecule has 4 heteroatoms. The third-order valence-corrected chi connectivity index (χ3v) is 3.81. The van der Waals surface area contributed by atoms with Crippen LogP contribution in [0, 0.1) is 0 Å². The van der Waals surface area contributed by atoms with E-state index in [9.17, 15) is 0 Å². The van der Waals surface area contributed by atoms with E-state index in [1.54, 1.807) is 0 Å². The number of halogens is 1. The average Bonchev–Trinajstić information content (AvgIpc) is 2.77. The number of rotatable bonds is 2. The van der Waals surface area contributed by atoms with Gasteiger partial charge in [0.2, 0.25) is 0 Å². The fourth-order valence-electron chi connectivity index (χ4n) is 2.55. The number of hydrogen-bond donors (Lipinski definition) is 1. The van der Waals surface area contributed by atoms with Gasteiger partial charge in [0.1, 0.15) is 0 Å². The summed E-state index contributed by atoms with van der Waals surface area (Å²) in [5.41, 5.74) is 9.83. The second-order valence-electron chi connectivity index (χ2n) is 4.83. The lowest BCUT2D eigenvalue weighted by Gasteiger charge is -2.19. The minimum absolute atomic E-state index is 0.160. The minimum Gasteiger partial charge on any atom is -0.324 e. The van der Waals surface area contributed by atoms with Gasteiger partial charge in [0, 0.05) is 22.3 Å².